The Hall–Kier alpha value is -1.93. The first-order valence-corrected chi connectivity index (χ1v) is 7.19. The van der Waals surface area contributed by atoms with E-state index < -0.39 is 10.8 Å². The number of nitro benzene ring substituents is 1. The number of hydrogen-bond acceptors (Lipinski definition) is 5. The summed E-state index contributed by atoms with van der Waals surface area (Å²) >= 11 is 4.88. The van der Waals surface area contributed by atoms with E-state index in [0.29, 0.717) is 12.2 Å². The van der Waals surface area contributed by atoms with Crippen LogP contribution in [0.3, 0.4) is 0 Å². The maximum atomic E-state index is 11.0. The van der Waals surface area contributed by atoms with Gasteiger partial charge in [0.15, 0.2) is 0 Å². The lowest BCUT2D eigenvalue weighted by Gasteiger charge is -2.06. The molecule has 3 N–H and O–H groups in total. The van der Waals surface area contributed by atoms with Gasteiger partial charge in [-0.3, -0.25) is 14.9 Å². The molecule has 0 radical (unpaired) electrons. The number of primary amides is 1. The van der Waals surface area contributed by atoms with E-state index in [-0.39, 0.29) is 11.3 Å². The number of rotatable bonds is 5. The summed E-state index contributed by atoms with van der Waals surface area (Å²) in [5, 5.41) is 15.9. The summed E-state index contributed by atoms with van der Waals surface area (Å²) in [5.41, 5.74) is 5.41. The Morgan fingerprint density at radius 3 is 2.75 bits per heavy atom. The van der Waals surface area contributed by atoms with Crippen LogP contribution in [-0.4, -0.2) is 10.8 Å². The van der Waals surface area contributed by atoms with E-state index in [1.807, 2.05) is 11.4 Å². The first kappa shape index (κ1) is 14.5. The predicted octanol–water partition coefficient (Wildman–Crippen LogP) is 3.13. The molecule has 0 aliphatic heterocycles. The zero-order valence-electron chi connectivity index (χ0n) is 10.1. The van der Waals surface area contributed by atoms with E-state index in [2.05, 4.69) is 21.2 Å². The summed E-state index contributed by atoms with van der Waals surface area (Å²) in [6, 6.07) is 6.05. The molecule has 1 amide bonds. The molecule has 2 aromatic rings. The van der Waals surface area contributed by atoms with E-state index in [1.165, 1.54) is 29.5 Å². The minimum atomic E-state index is -0.693. The first-order valence-electron chi connectivity index (χ1n) is 5.52. The normalized spacial score (nSPS) is 10.2. The minimum Gasteiger partial charge on any atom is -0.375 e. The monoisotopic (exact) mass is 355 g/mol. The molecule has 104 valence electrons. The second kappa shape index (κ2) is 6.02. The van der Waals surface area contributed by atoms with Gasteiger partial charge in [-0.25, -0.2) is 0 Å². The van der Waals surface area contributed by atoms with Crippen molar-refractivity contribution < 1.29 is 9.72 Å². The van der Waals surface area contributed by atoms with Crippen LogP contribution in [0.1, 0.15) is 15.2 Å². The van der Waals surface area contributed by atoms with Crippen LogP contribution in [0, 0.1) is 10.1 Å². The molecule has 0 aliphatic carbocycles. The molecule has 6 nitrogen and oxygen atoms in total. The Balaban J connectivity index is 2.22. The van der Waals surface area contributed by atoms with Gasteiger partial charge in [0.05, 0.1) is 4.92 Å². The van der Waals surface area contributed by atoms with E-state index in [4.69, 9.17) is 5.73 Å². The van der Waals surface area contributed by atoms with Gasteiger partial charge in [0, 0.05) is 32.9 Å². The highest BCUT2D eigenvalue weighted by Crippen LogP contribution is 2.27. The smallest absolute Gasteiger partial charge is 0.293 e. The number of anilines is 1. The number of thiophene rings is 1. The summed E-state index contributed by atoms with van der Waals surface area (Å²) < 4.78 is 0.970. The first-order chi connectivity index (χ1) is 9.47. The average Bonchev–Trinajstić information content (AvgIpc) is 2.81. The molecule has 0 spiro atoms. The molecule has 20 heavy (non-hydrogen) atoms. The molecule has 8 heteroatoms. The van der Waals surface area contributed by atoms with Crippen molar-refractivity contribution in [1.29, 1.82) is 0 Å². The molecule has 0 fully saturated rings. The van der Waals surface area contributed by atoms with Crippen molar-refractivity contribution in [2.24, 2.45) is 5.73 Å². The molecule has 0 saturated heterocycles. The number of carbonyl (C=O) groups excluding carboxylic acids is 1. The number of benzene rings is 1. The van der Waals surface area contributed by atoms with Crippen LogP contribution in [0.4, 0.5) is 11.4 Å². The van der Waals surface area contributed by atoms with Crippen LogP contribution in [0.15, 0.2) is 34.1 Å². The predicted molar refractivity (Wildman–Crippen MR) is 81.0 cm³/mol. The fourth-order valence-electron chi connectivity index (χ4n) is 1.61. The molecule has 1 aromatic heterocycles. The van der Waals surface area contributed by atoms with Crippen molar-refractivity contribution in [2.75, 3.05) is 5.32 Å². The zero-order chi connectivity index (χ0) is 14.7. The maximum absolute atomic E-state index is 11.0. The standard InChI is InChI=1S/C12H10BrN3O3S/c13-8-4-9(20-6-8)5-15-10-2-1-7(12(14)17)3-11(10)16(18)19/h1-4,6,15H,5H2,(H2,14,17). The van der Waals surface area contributed by atoms with E-state index in [9.17, 15) is 14.9 Å². The highest BCUT2D eigenvalue weighted by Gasteiger charge is 2.16. The van der Waals surface area contributed by atoms with Gasteiger partial charge in [-0.05, 0) is 34.1 Å². The van der Waals surface area contributed by atoms with Gasteiger partial charge in [0.25, 0.3) is 5.69 Å². The van der Waals surface area contributed by atoms with Crippen LogP contribution >= 0.6 is 27.3 Å². The third-order valence-electron chi connectivity index (χ3n) is 2.55. The van der Waals surface area contributed by atoms with Gasteiger partial charge < -0.3 is 11.1 Å². The number of nitrogens with zero attached hydrogens (tertiary/aromatic N) is 1. The highest BCUT2D eigenvalue weighted by molar-refractivity contribution is 9.10. The van der Waals surface area contributed by atoms with Crippen LogP contribution in [0.25, 0.3) is 0 Å². The van der Waals surface area contributed by atoms with Crippen molar-refractivity contribution in [1.82, 2.24) is 0 Å². The van der Waals surface area contributed by atoms with Crippen molar-refractivity contribution in [2.45, 2.75) is 6.54 Å². The highest BCUT2D eigenvalue weighted by atomic mass is 79.9. The fraction of sp³-hybridized carbons (Fsp3) is 0.0833. The lowest BCUT2D eigenvalue weighted by Crippen LogP contribution is -2.12. The molecular formula is C12H10BrN3O3S. The minimum absolute atomic E-state index is 0.112. The van der Waals surface area contributed by atoms with Gasteiger partial charge in [0.1, 0.15) is 5.69 Å². The largest absolute Gasteiger partial charge is 0.375 e. The summed E-state index contributed by atoms with van der Waals surface area (Å²) in [7, 11) is 0. The maximum Gasteiger partial charge on any atom is 0.293 e. The second-order valence-electron chi connectivity index (χ2n) is 3.94. The van der Waals surface area contributed by atoms with Crippen LogP contribution in [0.5, 0.6) is 0 Å². The van der Waals surface area contributed by atoms with Crippen molar-refractivity contribution in [3.05, 3.63) is 54.7 Å². The molecule has 0 aliphatic rings. The Morgan fingerprint density at radius 1 is 1.45 bits per heavy atom. The van der Waals surface area contributed by atoms with Gasteiger partial charge in [-0.2, -0.15) is 0 Å². The summed E-state index contributed by atoms with van der Waals surface area (Å²) in [6.45, 7) is 0.465. The van der Waals surface area contributed by atoms with Crippen LogP contribution in [-0.2, 0) is 6.54 Å². The Kier molecular flexibility index (Phi) is 4.35. The molecule has 1 heterocycles. The molecular weight excluding hydrogens is 346 g/mol. The van der Waals surface area contributed by atoms with Crippen molar-refractivity contribution >= 4 is 44.5 Å². The third kappa shape index (κ3) is 3.34. The van der Waals surface area contributed by atoms with Crippen LogP contribution in [0.2, 0.25) is 0 Å². The fourth-order valence-corrected chi connectivity index (χ4v) is 3.01. The number of nitrogens with two attached hydrogens (primary N) is 1. The Morgan fingerprint density at radius 2 is 2.20 bits per heavy atom. The topological polar surface area (TPSA) is 98.3 Å². The molecule has 1 aromatic carbocycles. The Bertz CT molecular complexity index is 672. The summed E-state index contributed by atoms with van der Waals surface area (Å²) in [4.78, 5) is 22.6. The number of nitro groups is 1. The number of carbonyl (C=O) groups is 1. The number of hydrogen-bond donors (Lipinski definition) is 2. The van der Waals surface area contributed by atoms with Gasteiger partial charge in [-0.1, -0.05) is 0 Å². The molecule has 0 unspecified atom stereocenters. The number of nitrogens with one attached hydrogen (secondary N) is 1. The molecule has 0 bridgehead atoms. The molecule has 0 saturated carbocycles. The second-order valence-corrected chi connectivity index (χ2v) is 5.85. The molecule has 0 atom stereocenters. The summed E-state index contributed by atoms with van der Waals surface area (Å²) in [5.74, 6) is -0.693. The lowest BCUT2D eigenvalue weighted by molar-refractivity contribution is -0.384. The number of halogens is 1. The van der Waals surface area contributed by atoms with Gasteiger partial charge >= 0.3 is 0 Å². The summed E-state index contributed by atoms with van der Waals surface area (Å²) in [6.07, 6.45) is 0. The van der Waals surface area contributed by atoms with E-state index in [0.717, 1.165) is 9.35 Å². The third-order valence-corrected chi connectivity index (χ3v) is 4.25. The average molecular weight is 356 g/mol. The van der Waals surface area contributed by atoms with Gasteiger partial charge in [0.2, 0.25) is 5.91 Å². The van der Waals surface area contributed by atoms with Gasteiger partial charge in [-0.15, -0.1) is 11.3 Å². The zero-order valence-corrected chi connectivity index (χ0v) is 12.5. The Labute approximate surface area is 126 Å². The van der Waals surface area contributed by atoms with Crippen molar-refractivity contribution in [3.63, 3.8) is 0 Å². The molecule has 2 rings (SSSR count). The quantitative estimate of drug-likeness (QED) is 0.635. The van der Waals surface area contributed by atoms with E-state index >= 15 is 0 Å². The lowest BCUT2D eigenvalue weighted by atomic mass is 10.1. The SMILES string of the molecule is NC(=O)c1ccc(NCc2cc(Br)cs2)c([N+](=O)[O-])c1. The van der Waals surface area contributed by atoms with E-state index in [1.54, 1.807) is 0 Å². The van der Waals surface area contributed by atoms with Crippen molar-refractivity contribution in [3.8, 4) is 0 Å². The number of amides is 1. The van der Waals surface area contributed by atoms with Crippen LogP contribution < -0.4 is 11.1 Å².